The molecule has 12 aromatic rings. The lowest BCUT2D eigenvalue weighted by Gasteiger charge is -2.14. The molecule has 4 N–H and O–H groups in total. The second-order valence-corrected chi connectivity index (χ2v) is 26.0. The van der Waals surface area contributed by atoms with E-state index < -0.39 is 10.0 Å². The number of sulfonamides is 1. The van der Waals surface area contributed by atoms with Crippen molar-refractivity contribution in [1.82, 2.24) is 57.7 Å². The first kappa shape index (κ1) is 65.0. The van der Waals surface area contributed by atoms with E-state index in [9.17, 15) is 21.6 Å². The topological polar surface area (TPSA) is 220 Å². The molecule has 0 saturated heterocycles. The van der Waals surface area contributed by atoms with Crippen LogP contribution in [0.5, 0.6) is 17.2 Å². The normalized spacial score (nSPS) is 12.9. The van der Waals surface area contributed by atoms with E-state index in [0.717, 1.165) is 90.3 Å². The van der Waals surface area contributed by atoms with Gasteiger partial charge >= 0.3 is 0 Å². The van der Waals surface area contributed by atoms with Crippen molar-refractivity contribution in [3.05, 3.63) is 214 Å². The lowest BCUT2D eigenvalue weighted by molar-refractivity contribution is 0.356. The van der Waals surface area contributed by atoms with Crippen LogP contribution in [-0.2, 0) is 55.5 Å². The van der Waals surface area contributed by atoms with Crippen LogP contribution in [0.15, 0.2) is 139 Å². The van der Waals surface area contributed by atoms with E-state index in [1.165, 1.54) is 25.2 Å². The van der Waals surface area contributed by atoms with Crippen molar-refractivity contribution >= 4 is 50.6 Å². The molecule has 498 valence electrons. The van der Waals surface area contributed by atoms with Crippen molar-refractivity contribution in [1.29, 1.82) is 0 Å². The zero-order valence-corrected chi connectivity index (χ0v) is 55.4. The fourth-order valence-corrected chi connectivity index (χ4v) is 13.0. The van der Waals surface area contributed by atoms with Crippen molar-refractivity contribution < 1.29 is 40.2 Å². The zero-order valence-electron chi connectivity index (χ0n) is 54.6. The molecule has 3 aliphatic rings. The van der Waals surface area contributed by atoms with Crippen LogP contribution >= 0.6 is 0 Å². The number of anilines is 4. The maximum Gasteiger partial charge on any atom is 0.240 e. The Morgan fingerprint density at radius 3 is 1.31 bits per heavy atom. The molecule has 7 aromatic heterocycles. The van der Waals surface area contributed by atoms with Gasteiger partial charge in [0.25, 0.3) is 0 Å². The molecule has 0 bridgehead atoms. The van der Waals surface area contributed by atoms with Gasteiger partial charge in [-0.1, -0.05) is 24.3 Å². The van der Waals surface area contributed by atoms with E-state index in [4.69, 9.17) is 14.2 Å². The quantitative estimate of drug-likeness (QED) is 0.0623. The van der Waals surface area contributed by atoms with E-state index in [1.807, 2.05) is 111 Å². The summed E-state index contributed by atoms with van der Waals surface area (Å²) in [6, 6.07) is 25.1. The van der Waals surface area contributed by atoms with Crippen LogP contribution in [0.1, 0.15) is 56.0 Å². The van der Waals surface area contributed by atoms with Gasteiger partial charge in [-0.3, -0.25) is 13.2 Å². The van der Waals surface area contributed by atoms with Crippen molar-refractivity contribution in [2.45, 2.75) is 71.1 Å². The van der Waals surface area contributed by atoms with Crippen LogP contribution in [0.2, 0.25) is 0 Å². The van der Waals surface area contributed by atoms with Crippen molar-refractivity contribution in [2.75, 3.05) is 75.9 Å². The minimum Gasteiger partial charge on any atom is -0.493 e. The number of nitrogens with zero attached hydrogens (tertiary/aromatic N) is 12. The average Bonchev–Trinajstić information content (AvgIpc) is 1.71. The number of nitrogens with one attached hydrogen (secondary N) is 4. The number of aryl methyl sites for hydroxylation is 3. The van der Waals surface area contributed by atoms with Gasteiger partial charge in [0.05, 0.1) is 41.8 Å². The van der Waals surface area contributed by atoms with Gasteiger partial charge in [-0.25, -0.2) is 65.6 Å². The Morgan fingerprint density at radius 1 is 0.485 bits per heavy atom. The van der Waals surface area contributed by atoms with Crippen molar-refractivity contribution in [3.63, 3.8) is 0 Å². The number of halogens is 4. The van der Waals surface area contributed by atoms with Gasteiger partial charge in [-0.2, -0.15) is 0 Å². The molecular weight excluding hydrogens is 1260 g/mol. The van der Waals surface area contributed by atoms with Crippen molar-refractivity contribution in [2.24, 2.45) is 0 Å². The van der Waals surface area contributed by atoms with Gasteiger partial charge in [-0.15, -0.1) is 0 Å². The van der Waals surface area contributed by atoms with Gasteiger partial charge < -0.3 is 40.0 Å². The molecule has 0 aliphatic carbocycles. The molecule has 0 atom stereocenters. The molecule has 15 rings (SSSR count). The van der Waals surface area contributed by atoms with Gasteiger partial charge in [0.15, 0.2) is 0 Å². The van der Waals surface area contributed by atoms with E-state index in [-0.39, 0.29) is 41.3 Å². The largest absolute Gasteiger partial charge is 0.493 e. The van der Waals surface area contributed by atoms with Crippen LogP contribution in [0.3, 0.4) is 0 Å². The van der Waals surface area contributed by atoms with E-state index in [2.05, 4.69) is 55.6 Å². The molecule has 21 nitrogen and oxygen atoms in total. The molecule has 0 fully saturated rings. The highest BCUT2D eigenvalue weighted by Crippen LogP contribution is 2.36. The number of hydrogen-bond donors (Lipinski definition) is 4. The van der Waals surface area contributed by atoms with Crippen LogP contribution in [0, 0.1) is 44.0 Å². The summed E-state index contributed by atoms with van der Waals surface area (Å²) in [4.78, 5) is 36.2. The second kappa shape index (κ2) is 27.2. The monoisotopic (exact) mass is 1330 g/mol. The first-order valence-corrected chi connectivity index (χ1v) is 32.9. The maximum atomic E-state index is 15.0. The summed E-state index contributed by atoms with van der Waals surface area (Å²) in [7, 11) is 5.66. The fraction of sp³-hybridized carbons (Fsp3) is 0.254. The van der Waals surface area contributed by atoms with Crippen molar-refractivity contribution in [3.8, 4) is 50.6 Å². The fourth-order valence-electron chi connectivity index (χ4n) is 12.3. The predicted molar refractivity (Wildman–Crippen MR) is 364 cm³/mol. The summed E-state index contributed by atoms with van der Waals surface area (Å²) in [6.07, 6.45) is 14.6. The second-order valence-electron chi connectivity index (χ2n) is 24.2. The smallest absolute Gasteiger partial charge is 0.240 e. The van der Waals surface area contributed by atoms with Crippen LogP contribution in [-0.4, -0.2) is 116 Å². The molecular formula is C71H70F4N16O5S. The number of aromatic nitrogens is 10. The van der Waals surface area contributed by atoms with Gasteiger partial charge in [0, 0.05) is 164 Å². The molecule has 26 heteroatoms. The van der Waals surface area contributed by atoms with Gasteiger partial charge in [0.2, 0.25) is 27.9 Å². The van der Waals surface area contributed by atoms with E-state index in [0.29, 0.717) is 109 Å². The van der Waals surface area contributed by atoms with Gasteiger partial charge in [0.1, 0.15) is 63.3 Å². The third-order valence-corrected chi connectivity index (χ3v) is 18.4. The minimum absolute atomic E-state index is 0.178. The summed E-state index contributed by atoms with van der Waals surface area (Å²) >= 11 is 0. The zero-order chi connectivity index (χ0) is 67.8. The first-order chi connectivity index (χ1) is 46.8. The number of hydrogen-bond acceptors (Lipinski definition) is 17. The summed E-state index contributed by atoms with van der Waals surface area (Å²) in [6.45, 7) is 8.87. The molecule has 3 aliphatic heterocycles. The molecule has 0 saturated carbocycles. The number of fused-ring (bicyclic) bond motifs is 6. The third kappa shape index (κ3) is 13.4. The minimum atomic E-state index is -3.52. The highest BCUT2D eigenvalue weighted by molar-refractivity contribution is 7.89. The van der Waals surface area contributed by atoms with Crippen LogP contribution in [0.25, 0.3) is 50.3 Å². The third-order valence-electron chi connectivity index (χ3n) is 17.0. The molecule has 0 amide bonds. The highest BCUT2D eigenvalue weighted by atomic mass is 32.2. The lowest BCUT2D eigenvalue weighted by atomic mass is 10.0. The summed E-state index contributed by atoms with van der Waals surface area (Å²) < 4.78 is 107. The lowest BCUT2D eigenvalue weighted by Crippen LogP contribution is -2.18. The van der Waals surface area contributed by atoms with E-state index >= 15 is 4.39 Å². The Balaban J connectivity index is 0.000000131. The predicted octanol–water partition coefficient (Wildman–Crippen LogP) is 11.7. The molecule has 5 aromatic carbocycles. The first-order valence-electron chi connectivity index (χ1n) is 31.4. The summed E-state index contributed by atoms with van der Waals surface area (Å²) in [5.74, 6) is 3.63. The Kier molecular flexibility index (Phi) is 18.2. The van der Waals surface area contributed by atoms with E-state index in [1.54, 1.807) is 77.6 Å². The standard InChI is InChI=1S/C25H25F2N5O.C23H23FN6O.C23H22FN5O3S/c1-15-13-32-24(30-15)20(17-5-4-16(10-22(17)27)14-31(2)3)12-29-25(32)28-11-19-18-8-9-33-23(18)7-6-21(19)26;1-14-13-30-22(28-14)17(15-4-7-21(25-10-15)29(2)3)11-26-23(30)27-12-18-16-8-9-31-20(16)6-5-19(18)24;1-14-13-29-22(28-14)18(15-3-5-16(6-4-15)33(30,31)25-2)11-26-23(29)27-12-19-17-9-10-32-21(17)8-7-20(19)24/h4-7,10,12-13H,8-9,11,14H2,1-3H3,(H,28,29);4-7,10-11,13H,8-9,12H2,1-3H3,(H,26,27);3-8,11,13,25H,9-10,12H2,1-2H3,(H,26,27). The number of imidazole rings is 3. The number of ether oxygens (including phenoxy) is 3. The van der Waals surface area contributed by atoms with Gasteiger partial charge in [-0.05, 0) is 120 Å². The molecule has 0 radical (unpaired) electrons. The average molecular weight is 1340 g/mol. The molecule has 10 heterocycles. The summed E-state index contributed by atoms with van der Waals surface area (Å²) in [5.41, 5.74) is 14.2. The molecule has 0 unspecified atom stereocenters. The van der Waals surface area contributed by atoms with Crippen LogP contribution in [0.4, 0.5) is 41.2 Å². The number of rotatable bonds is 17. The summed E-state index contributed by atoms with van der Waals surface area (Å²) in [5, 5.41) is 9.75. The molecule has 0 spiro atoms. The molecule has 97 heavy (non-hydrogen) atoms. The SMILES string of the molecule is CNS(=O)(=O)c1ccc(-c2cnc(NCc3c(F)ccc4c3CCO4)n3cc(C)nc23)cc1.Cc1cn2c(NCc3c(F)ccc4c3CCO4)ncc(-c3ccc(CN(C)C)cc3F)c2n1.Cc1cn2c(NCc3c(F)ccc4c3CCO4)ncc(-c3ccc(N(C)C)nc3)c2n1. The number of benzene rings is 5. The maximum absolute atomic E-state index is 15.0. The Hall–Kier alpha value is -10.7. The number of pyridine rings is 1. The Morgan fingerprint density at radius 2 is 0.907 bits per heavy atom. The Bertz CT molecular complexity index is 5080. The van der Waals surface area contributed by atoms with Crippen LogP contribution < -0.4 is 39.8 Å². The highest BCUT2D eigenvalue weighted by Gasteiger charge is 2.25. The Labute approximate surface area is 557 Å².